The zero-order valence-corrected chi connectivity index (χ0v) is 11.7. The fourth-order valence-electron chi connectivity index (χ4n) is 1.19. The van der Waals surface area contributed by atoms with Gasteiger partial charge in [0, 0.05) is 21.7 Å². The van der Waals surface area contributed by atoms with Gasteiger partial charge in [0.25, 0.3) is 0 Å². The van der Waals surface area contributed by atoms with Gasteiger partial charge in [-0.2, -0.15) is 0 Å². The predicted molar refractivity (Wildman–Crippen MR) is 72.6 cm³/mol. The first-order valence-corrected chi connectivity index (χ1v) is 7.06. The summed E-state index contributed by atoms with van der Waals surface area (Å²) in [6.07, 6.45) is 0. The summed E-state index contributed by atoms with van der Waals surface area (Å²) in [5.74, 6) is 1.86. The van der Waals surface area contributed by atoms with Crippen molar-refractivity contribution < 1.29 is 0 Å². The van der Waals surface area contributed by atoms with Crippen molar-refractivity contribution >= 4 is 27.7 Å². The van der Waals surface area contributed by atoms with Gasteiger partial charge >= 0.3 is 0 Å². The van der Waals surface area contributed by atoms with Gasteiger partial charge in [-0.1, -0.05) is 26.0 Å². The number of rotatable bonds is 6. The molecule has 15 heavy (non-hydrogen) atoms. The Hall–Kier alpha value is 0.01000. The molecule has 1 aromatic rings. The van der Waals surface area contributed by atoms with E-state index in [4.69, 9.17) is 0 Å². The molecule has 0 amide bonds. The molecule has 0 saturated heterocycles. The largest absolute Gasteiger partial charge is 0.316 e. The van der Waals surface area contributed by atoms with Gasteiger partial charge in [0.05, 0.1) is 0 Å². The third kappa shape index (κ3) is 5.59. The van der Waals surface area contributed by atoms with E-state index in [1.807, 2.05) is 17.8 Å². The maximum Gasteiger partial charge on any atom is 0.0311 e. The van der Waals surface area contributed by atoms with Crippen LogP contribution in [0.15, 0.2) is 33.6 Å². The number of halogens is 1. The van der Waals surface area contributed by atoms with E-state index in [0.29, 0.717) is 0 Å². The molecular weight excluding hydrogens is 270 g/mol. The van der Waals surface area contributed by atoms with E-state index >= 15 is 0 Å². The van der Waals surface area contributed by atoms with Crippen molar-refractivity contribution in [3.8, 4) is 0 Å². The molecule has 1 N–H and O–H groups in total. The highest BCUT2D eigenvalue weighted by Crippen LogP contribution is 2.26. The molecule has 0 fully saturated rings. The van der Waals surface area contributed by atoms with E-state index in [0.717, 1.165) is 24.8 Å². The molecule has 0 saturated carbocycles. The second kappa shape index (κ2) is 7.31. The Morgan fingerprint density at radius 2 is 2.07 bits per heavy atom. The summed E-state index contributed by atoms with van der Waals surface area (Å²) in [5.41, 5.74) is 0. The lowest BCUT2D eigenvalue weighted by molar-refractivity contribution is 0.568. The van der Waals surface area contributed by atoms with Crippen LogP contribution in [-0.4, -0.2) is 18.8 Å². The summed E-state index contributed by atoms with van der Waals surface area (Å²) in [5, 5.41) is 3.44. The zero-order chi connectivity index (χ0) is 11.1. The van der Waals surface area contributed by atoms with Crippen molar-refractivity contribution in [3.63, 3.8) is 0 Å². The highest BCUT2D eigenvalue weighted by Gasteiger charge is 1.98. The summed E-state index contributed by atoms with van der Waals surface area (Å²) < 4.78 is 1.19. The molecule has 0 radical (unpaired) electrons. The van der Waals surface area contributed by atoms with Crippen molar-refractivity contribution in [2.75, 3.05) is 18.8 Å². The summed E-state index contributed by atoms with van der Waals surface area (Å²) in [6.45, 7) is 6.64. The molecule has 0 bridgehead atoms. The minimum atomic E-state index is 0.735. The van der Waals surface area contributed by atoms with Crippen LogP contribution in [-0.2, 0) is 0 Å². The second-order valence-corrected chi connectivity index (χ2v) is 5.87. The number of nitrogens with one attached hydrogen (secondary N) is 1. The Labute approximate surface area is 105 Å². The monoisotopic (exact) mass is 287 g/mol. The van der Waals surface area contributed by atoms with Gasteiger partial charge in [-0.05, 0) is 40.5 Å². The molecule has 0 spiro atoms. The Balaban J connectivity index is 2.18. The van der Waals surface area contributed by atoms with Gasteiger partial charge in [-0.15, -0.1) is 11.8 Å². The minimum Gasteiger partial charge on any atom is -0.316 e. The van der Waals surface area contributed by atoms with Crippen LogP contribution in [0.3, 0.4) is 0 Å². The number of benzene rings is 1. The molecule has 1 rings (SSSR count). The topological polar surface area (TPSA) is 12.0 Å². The Morgan fingerprint density at radius 3 is 2.73 bits per heavy atom. The maximum atomic E-state index is 3.55. The van der Waals surface area contributed by atoms with Crippen LogP contribution in [0.2, 0.25) is 0 Å². The average molecular weight is 288 g/mol. The summed E-state index contributed by atoms with van der Waals surface area (Å²) in [6, 6.07) is 8.36. The van der Waals surface area contributed by atoms with Crippen LogP contribution in [0.1, 0.15) is 13.8 Å². The smallest absolute Gasteiger partial charge is 0.0311 e. The first-order valence-electron chi connectivity index (χ1n) is 5.28. The predicted octanol–water partition coefficient (Wildman–Crippen LogP) is 3.79. The van der Waals surface area contributed by atoms with E-state index in [9.17, 15) is 0 Å². The number of thioether (sulfide) groups is 1. The van der Waals surface area contributed by atoms with Gasteiger partial charge in [0.15, 0.2) is 0 Å². The van der Waals surface area contributed by atoms with Crippen LogP contribution < -0.4 is 5.32 Å². The molecule has 1 aromatic carbocycles. The standard InChI is InChI=1S/C12H18BrNS/c1-10(2)9-14-7-8-15-12-6-4-3-5-11(12)13/h3-6,10,14H,7-9H2,1-2H3. The Kier molecular flexibility index (Phi) is 6.37. The first kappa shape index (κ1) is 13.1. The van der Waals surface area contributed by atoms with E-state index in [1.54, 1.807) is 0 Å². The quantitative estimate of drug-likeness (QED) is 0.631. The Bertz CT molecular complexity index is 289. The van der Waals surface area contributed by atoms with Crippen LogP contribution in [0.5, 0.6) is 0 Å². The maximum absolute atomic E-state index is 3.55. The van der Waals surface area contributed by atoms with Crippen LogP contribution in [0, 0.1) is 5.92 Å². The van der Waals surface area contributed by atoms with Crippen molar-refractivity contribution in [3.05, 3.63) is 28.7 Å². The Morgan fingerprint density at radius 1 is 1.33 bits per heavy atom. The fraction of sp³-hybridized carbons (Fsp3) is 0.500. The highest BCUT2D eigenvalue weighted by atomic mass is 79.9. The third-order valence-electron chi connectivity index (χ3n) is 1.93. The summed E-state index contributed by atoms with van der Waals surface area (Å²) >= 11 is 5.44. The molecule has 0 aliphatic carbocycles. The molecule has 1 nitrogen and oxygen atoms in total. The lowest BCUT2D eigenvalue weighted by Gasteiger charge is -2.07. The summed E-state index contributed by atoms with van der Waals surface area (Å²) in [4.78, 5) is 1.32. The van der Waals surface area contributed by atoms with Crippen LogP contribution >= 0.6 is 27.7 Å². The van der Waals surface area contributed by atoms with Gasteiger partial charge in [0.1, 0.15) is 0 Å². The van der Waals surface area contributed by atoms with Gasteiger partial charge in [-0.25, -0.2) is 0 Å². The lowest BCUT2D eigenvalue weighted by atomic mass is 10.2. The van der Waals surface area contributed by atoms with E-state index in [-0.39, 0.29) is 0 Å². The minimum absolute atomic E-state index is 0.735. The molecule has 0 aliphatic rings. The SMILES string of the molecule is CC(C)CNCCSc1ccccc1Br. The molecule has 0 heterocycles. The second-order valence-electron chi connectivity index (χ2n) is 3.88. The van der Waals surface area contributed by atoms with Crippen LogP contribution in [0.25, 0.3) is 0 Å². The van der Waals surface area contributed by atoms with Crippen molar-refractivity contribution in [1.82, 2.24) is 5.32 Å². The van der Waals surface area contributed by atoms with E-state index in [2.05, 4.69) is 53.3 Å². The molecule has 3 heteroatoms. The zero-order valence-electron chi connectivity index (χ0n) is 9.29. The lowest BCUT2D eigenvalue weighted by Crippen LogP contribution is -2.22. The van der Waals surface area contributed by atoms with E-state index < -0.39 is 0 Å². The van der Waals surface area contributed by atoms with Crippen molar-refractivity contribution in [1.29, 1.82) is 0 Å². The molecule has 84 valence electrons. The fourth-order valence-corrected chi connectivity index (χ4v) is 2.66. The normalized spacial score (nSPS) is 10.9. The summed E-state index contributed by atoms with van der Waals surface area (Å²) in [7, 11) is 0. The van der Waals surface area contributed by atoms with Crippen molar-refractivity contribution in [2.45, 2.75) is 18.7 Å². The molecule has 0 aliphatic heterocycles. The average Bonchev–Trinajstić information content (AvgIpc) is 2.20. The molecule has 0 atom stereocenters. The van der Waals surface area contributed by atoms with Crippen LogP contribution in [0.4, 0.5) is 0 Å². The molecule has 0 aromatic heterocycles. The van der Waals surface area contributed by atoms with Gasteiger partial charge in [0.2, 0.25) is 0 Å². The van der Waals surface area contributed by atoms with E-state index in [1.165, 1.54) is 9.37 Å². The highest BCUT2D eigenvalue weighted by molar-refractivity contribution is 9.10. The van der Waals surface area contributed by atoms with Crippen molar-refractivity contribution in [2.24, 2.45) is 5.92 Å². The molecular formula is C12H18BrNS. The first-order chi connectivity index (χ1) is 7.20. The third-order valence-corrected chi connectivity index (χ3v) is 3.95. The van der Waals surface area contributed by atoms with Gasteiger partial charge < -0.3 is 5.32 Å². The number of hydrogen-bond acceptors (Lipinski definition) is 2. The van der Waals surface area contributed by atoms with Gasteiger partial charge in [-0.3, -0.25) is 0 Å². The number of hydrogen-bond donors (Lipinski definition) is 1. The molecule has 0 unspecified atom stereocenters.